The molecular weight excluding hydrogens is 1970 g/mol. The van der Waals surface area contributed by atoms with Gasteiger partial charge in [-0.2, -0.15) is 91.3 Å². The number of aliphatic hydroxyl groups is 1. The van der Waals surface area contributed by atoms with Gasteiger partial charge in [-0.05, 0) is 131 Å². The number of anilines is 3. The first-order valence-corrected chi connectivity index (χ1v) is 45.6. The molecule has 0 aliphatic carbocycles. The first-order valence-electron chi connectivity index (χ1n) is 43.7. The van der Waals surface area contributed by atoms with Crippen LogP contribution in [0.25, 0.3) is 0 Å². The molecule has 10 heterocycles. The first-order chi connectivity index (χ1) is 65.7. The van der Waals surface area contributed by atoms with Crippen LogP contribution in [0.3, 0.4) is 0 Å². The van der Waals surface area contributed by atoms with Crippen LogP contribution in [0.1, 0.15) is 161 Å². The van der Waals surface area contributed by atoms with Gasteiger partial charge in [0.1, 0.15) is 28.5 Å². The van der Waals surface area contributed by atoms with Gasteiger partial charge < -0.3 is 62.2 Å². The highest BCUT2D eigenvalue weighted by Crippen LogP contribution is 2.37. The Hall–Kier alpha value is -11.0. The summed E-state index contributed by atoms with van der Waals surface area (Å²) < 4.78 is 198. The number of nitrogen functional groups attached to an aromatic ring is 3. The van der Waals surface area contributed by atoms with Crippen molar-refractivity contribution >= 4 is 105 Å². The Bertz CT molecular complexity index is 5690. The summed E-state index contributed by atoms with van der Waals surface area (Å²) in [4.78, 5) is 78.0. The molecule has 50 heteroatoms. The highest BCUT2D eigenvalue weighted by Gasteiger charge is 2.42. The van der Waals surface area contributed by atoms with E-state index in [1.807, 2.05) is 36.5 Å². The molecule has 5 aromatic carbocycles. The Morgan fingerprint density at radius 1 is 0.410 bits per heavy atom. The monoisotopic (exact) mass is 2060 g/mol. The number of H-pyrrole nitrogens is 5. The number of halogens is 20. The molecule has 5 atom stereocenters. The van der Waals surface area contributed by atoms with Gasteiger partial charge in [0.05, 0.1) is 12.2 Å². The lowest BCUT2D eigenvalue weighted by Crippen LogP contribution is -2.51. The predicted octanol–water partition coefficient (Wildman–Crippen LogP) is 15.8. The molecule has 14 N–H and O–H groups in total. The number of hydrogen-bond donors (Lipinski definition) is 11. The maximum Gasteiger partial charge on any atom is 0.432 e. The van der Waals surface area contributed by atoms with Gasteiger partial charge in [0.25, 0.3) is 29.5 Å². The third kappa shape index (κ3) is 30.5. The van der Waals surface area contributed by atoms with Gasteiger partial charge in [-0.3, -0.25) is 64.2 Å². The normalized spacial score (nSPS) is 17.5. The van der Waals surface area contributed by atoms with Crippen molar-refractivity contribution in [2.75, 3.05) is 122 Å². The second kappa shape index (κ2) is 48.5. The standard InChI is InChI=1S/C19H23ClF3N5O2.C19H22ClF3N4O.C18H21ClF3N5O2.C17H18ClF3N4O.C16H17ClF3N5O/c1-30-12-5-6-27(10-12)7-8-28(11-13-14(20)3-2-4-15(13)24)18(29)16-9-17(26-25-16)19(21,22)23;1-2-26-9-5-7-14(26)12-27(11-13-6-3-4-8-15(13)20)18(28)16-10-17(25-24-16)19(21,22)23;19-13-2-1-3-14(23)12(13)10-27(7-6-26-5-4-11(28)9-26)17(29)15-8-16(25-24-15)18(20,21)22;18-13-6-2-1-4-11(13)9-25(10-12-5-3-7-22-12)16(26)14-8-15(24-23-14)17(19,20)21;17-11-2-1-3-12(21)10(11)8-25(7-9-4-5-22-9)15(26)13-6-14(24-23-13)16(18,19)20/h2-4,9,12H,5-8,10-11,24H2,1H3,(H,25,26);3-4,6,8,10,14H,2,5,7,9,11-12H2,1H3,(H,24,25);1-3,8,11,28H,4-7,9-10,23H2,(H,24,25);1-2,4,6,8,12,22H,3,5,7,9-10H2,(H,23,24);1-3,6,9,22H,4-5,7-8,21H2,(H,23,24). The third-order valence-corrected chi connectivity index (χ3v) is 25.4. The average Bonchev–Trinajstić information content (AvgIpc) is 1.79. The largest absolute Gasteiger partial charge is 0.432 e. The summed E-state index contributed by atoms with van der Waals surface area (Å²) in [5, 5.41) is 45.4. The molecule has 139 heavy (non-hydrogen) atoms. The van der Waals surface area contributed by atoms with E-state index >= 15 is 0 Å². The lowest BCUT2D eigenvalue weighted by atomic mass is 10.1. The average molecular weight is 2070 g/mol. The van der Waals surface area contributed by atoms with E-state index in [-0.39, 0.29) is 98.5 Å². The molecule has 5 fully saturated rings. The number of nitrogens with zero attached hydrogens (tertiary/aromatic N) is 13. The number of aliphatic hydroxyl groups excluding tert-OH is 1. The number of likely N-dealkylation sites (N-methyl/N-ethyl adjacent to an activating group) is 1. The van der Waals surface area contributed by atoms with E-state index in [4.69, 9.17) is 79.9 Å². The molecule has 754 valence electrons. The summed E-state index contributed by atoms with van der Waals surface area (Å²) in [6.45, 7) is 11.4. The van der Waals surface area contributed by atoms with Gasteiger partial charge >= 0.3 is 30.9 Å². The van der Waals surface area contributed by atoms with E-state index in [1.54, 1.807) is 104 Å². The van der Waals surface area contributed by atoms with Crippen molar-refractivity contribution in [3.05, 3.63) is 243 Å². The summed E-state index contributed by atoms with van der Waals surface area (Å²) in [7, 11) is 1.65. The van der Waals surface area contributed by atoms with Crippen molar-refractivity contribution in [2.45, 2.75) is 146 Å². The zero-order valence-electron chi connectivity index (χ0n) is 74.7. The second-order valence-electron chi connectivity index (χ2n) is 33.3. The summed E-state index contributed by atoms with van der Waals surface area (Å²) in [6, 6.07) is 33.1. The highest BCUT2D eigenvalue weighted by molar-refractivity contribution is 6.33. The van der Waals surface area contributed by atoms with Crippen molar-refractivity contribution in [3.8, 4) is 0 Å². The van der Waals surface area contributed by atoms with Crippen molar-refractivity contribution in [1.82, 2.24) is 101 Å². The van der Waals surface area contributed by atoms with Crippen LogP contribution in [0.2, 0.25) is 25.1 Å². The molecule has 15 rings (SSSR count). The first kappa shape index (κ1) is 108. The van der Waals surface area contributed by atoms with Crippen LogP contribution in [-0.2, 0) is 68.3 Å². The van der Waals surface area contributed by atoms with Gasteiger partial charge in [0, 0.05) is 219 Å². The third-order valence-electron chi connectivity index (χ3n) is 23.6. The lowest BCUT2D eigenvalue weighted by molar-refractivity contribution is -0.142. The van der Waals surface area contributed by atoms with E-state index in [0.29, 0.717) is 129 Å². The molecule has 5 saturated heterocycles. The van der Waals surface area contributed by atoms with E-state index in [0.717, 1.165) is 101 Å². The summed E-state index contributed by atoms with van der Waals surface area (Å²) in [5.74, 6) is -3.04. The van der Waals surface area contributed by atoms with Gasteiger partial charge in [0.15, 0.2) is 28.5 Å². The van der Waals surface area contributed by atoms with Gasteiger partial charge in [0.2, 0.25) is 0 Å². The Kier molecular flexibility index (Phi) is 37.8. The molecule has 5 aliphatic heterocycles. The number of nitrogens with one attached hydrogen (secondary N) is 7. The van der Waals surface area contributed by atoms with Gasteiger partial charge in [-0.1, -0.05) is 120 Å². The number of ether oxygens (including phenoxy) is 1. The molecular formula is C89H101Cl5F15N23O7. The van der Waals surface area contributed by atoms with Crippen LogP contribution in [0.15, 0.2) is 133 Å². The van der Waals surface area contributed by atoms with Gasteiger partial charge in [-0.25, -0.2) is 0 Å². The fourth-order valence-corrected chi connectivity index (χ4v) is 16.9. The number of β-amino-alcohol motifs (C(OH)–C–C–N with tert-alkyl or cyclic N) is 1. The maximum atomic E-state index is 13.0. The van der Waals surface area contributed by atoms with E-state index in [2.05, 4.69) is 52.9 Å². The number of carbonyl (C=O) groups is 5. The van der Waals surface area contributed by atoms with Crippen molar-refractivity contribution < 1.29 is 99.7 Å². The van der Waals surface area contributed by atoms with Crippen LogP contribution in [0, 0.1) is 0 Å². The van der Waals surface area contributed by atoms with Crippen LogP contribution in [0.4, 0.5) is 82.9 Å². The molecule has 5 amide bonds. The molecule has 5 aromatic heterocycles. The number of rotatable bonds is 29. The molecule has 10 aromatic rings. The number of hydrogen-bond acceptors (Lipinski definition) is 20. The van der Waals surface area contributed by atoms with E-state index < -0.39 is 95.0 Å². The fraction of sp³-hybridized carbons (Fsp3) is 0.438. The number of nitrogens with two attached hydrogens (primary N) is 3. The number of alkyl halides is 15. The molecule has 5 aliphatic rings. The Morgan fingerprint density at radius 3 is 1.06 bits per heavy atom. The van der Waals surface area contributed by atoms with E-state index in [1.165, 1.54) is 24.5 Å². The van der Waals surface area contributed by atoms with Crippen LogP contribution in [0.5, 0.6) is 0 Å². The maximum absolute atomic E-state index is 13.0. The van der Waals surface area contributed by atoms with E-state index in [9.17, 15) is 94.9 Å². The summed E-state index contributed by atoms with van der Waals surface area (Å²) in [6.07, 6.45) is -17.0. The van der Waals surface area contributed by atoms with Crippen LogP contribution in [-0.4, -0.2) is 260 Å². The van der Waals surface area contributed by atoms with Gasteiger partial charge in [-0.15, -0.1) is 0 Å². The minimum absolute atomic E-state index is 0.0228. The summed E-state index contributed by atoms with van der Waals surface area (Å²) >= 11 is 31.0. The van der Waals surface area contributed by atoms with Crippen molar-refractivity contribution in [3.63, 3.8) is 0 Å². The minimum atomic E-state index is -4.63. The van der Waals surface area contributed by atoms with Crippen LogP contribution < -0.4 is 27.8 Å². The number of aromatic amines is 5. The zero-order valence-corrected chi connectivity index (χ0v) is 78.5. The number of carbonyl (C=O) groups excluding carboxylic acids is 5. The molecule has 5 unspecified atom stereocenters. The number of aromatic nitrogens is 10. The molecule has 0 spiro atoms. The molecule has 0 radical (unpaired) electrons. The van der Waals surface area contributed by atoms with Crippen LogP contribution >= 0.6 is 58.0 Å². The zero-order chi connectivity index (χ0) is 101. The molecule has 0 saturated carbocycles. The van der Waals surface area contributed by atoms with Crippen molar-refractivity contribution in [1.29, 1.82) is 0 Å². The number of methoxy groups -OCH3 is 1. The Labute approximate surface area is 812 Å². The fourth-order valence-electron chi connectivity index (χ4n) is 15.8. The molecule has 0 bridgehead atoms. The minimum Gasteiger partial charge on any atom is -0.398 e. The van der Waals surface area contributed by atoms with Crippen molar-refractivity contribution in [2.24, 2.45) is 0 Å². The second-order valence-corrected chi connectivity index (χ2v) is 35.3. The predicted molar refractivity (Wildman–Crippen MR) is 489 cm³/mol. The summed E-state index contributed by atoms with van der Waals surface area (Å²) in [5.41, 5.74) is 15.4. The SMILES string of the molecule is CCN1CCCC1CN(Cc1ccccc1Cl)C(=O)c1cc(C(F)(F)F)[nH]n1.COC1CCN(CCN(Cc2c(N)cccc2Cl)C(=O)c2cc(C(F)(F)F)[nH]n2)C1.Nc1cccc(Cl)c1CN(CC1CCN1)C(=O)c1cc(C(F)(F)F)[nH]n1.Nc1cccc(Cl)c1CN(CCN1CCC(O)C1)C(=O)c1cc(C(F)(F)F)[nH]n1.O=C(c1cc(C(F)(F)F)[nH]n1)N(Cc1ccccc1Cl)CC1CCCN1. The molecule has 30 nitrogen and oxygen atoms in total. The highest BCUT2D eigenvalue weighted by atomic mass is 35.5. The lowest BCUT2D eigenvalue weighted by Gasteiger charge is -2.33. The smallest absolute Gasteiger partial charge is 0.398 e. The topological polar surface area (TPSA) is 386 Å². The number of likely N-dealkylation sites (tertiary alicyclic amines) is 3. The Morgan fingerprint density at radius 2 is 0.748 bits per heavy atom. The number of amides is 5. The quantitative estimate of drug-likeness (QED) is 0.0153. The number of benzene rings is 5. The Balaban J connectivity index is 0.000000167.